The minimum atomic E-state index is -0.327. The van der Waals surface area contributed by atoms with Crippen molar-refractivity contribution in [1.82, 2.24) is 0 Å². The van der Waals surface area contributed by atoms with Gasteiger partial charge in [0.2, 0.25) is 0 Å². The molecule has 2 nitrogen and oxygen atoms in total. The number of fused-ring (bicyclic) bond motifs is 5. The van der Waals surface area contributed by atoms with Crippen LogP contribution in [0.3, 0.4) is 0 Å². The van der Waals surface area contributed by atoms with Crippen LogP contribution in [-0.4, -0.2) is 23.9 Å². The van der Waals surface area contributed by atoms with Crippen LogP contribution >= 0.6 is 0 Å². The van der Waals surface area contributed by atoms with E-state index in [1.54, 1.807) is 5.57 Å². The van der Waals surface area contributed by atoms with Crippen LogP contribution in [0.2, 0.25) is 0 Å². The maximum Gasteiger partial charge on any atom is 0.0796 e. The highest BCUT2D eigenvalue weighted by atomic mass is 16.5. The number of aliphatic hydroxyl groups is 1. The van der Waals surface area contributed by atoms with Crippen LogP contribution in [0, 0.1) is 40.4 Å². The standard InChI is InChI=1S/C25H42O2/c1-16(2)22(26)15-27-23-9-8-20-19-7-6-18-14-17(3)10-12-24(18,4)21(19)11-13-25(20,23)5/h6,16-17,19-23,26H,7-15H2,1-5H3/t17-,19?,20?,21?,22?,23?,24?,25?/m1/s1. The van der Waals surface area contributed by atoms with Crippen LogP contribution in [0.25, 0.3) is 0 Å². The minimum absolute atomic E-state index is 0.279. The van der Waals surface area contributed by atoms with Gasteiger partial charge in [-0.1, -0.05) is 46.3 Å². The molecule has 0 aromatic rings. The fraction of sp³-hybridized carbons (Fsp3) is 0.920. The van der Waals surface area contributed by atoms with E-state index in [-0.39, 0.29) is 12.0 Å². The monoisotopic (exact) mass is 374 g/mol. The molecule has 7 unspecified atom stereocenters. The number of hydrogen-bond donors (Lipinski definition) is 1. The lowest BCUT2D eigenvalue weighted by Gasteiger charge is -2.58. The second-order valence-corrected chi connectivity index (χ2v) is 11.4. The highest BCUT2D eigenvalue weighted by Crippen LogP contribution is 2.65. The van der Waals surface area contributed by atoms with Gasteiger partial charge in [0.05, 0.1) is 18.8 Å². The van der Waals surface area contributed by atoms with Gasteiger partial charge in [0.25, 0.3) is 0 Å². The van der Waals surface area contributed by atoms with E-state index >= 15 is 0 Å². The topological polar surface area (TPSA) is 29.5 Å². The number of aliphatic hydroxyl groups excluding tert-OH is 1. The van der Waals surface area contributed by atoms with E-state index in [0.29, 0.717) is 23.5 Å². The zero-order valence-electron chi connectivity index (χ0n) is 18.3. The summed E-state index contributed by atoms with van der Waals surface area (Å²) in [5, 5.41) is 10.2. The van der Waals surface area contributed by atoms with E-state index in [1.165, 1.54) is 51.4 Å². The Morgan fingerprint density at radius 2 is 1.89 bits per heavy atom. The van der Waals surface area contributed by atoms with Gasteiger partial charge >= 0.3 is 0 Å². The molecule has 4 aliphatic rings. The van der Waals surface area contributed by atoms with Crippen LogP contribution in [0.4, 0.5) is 0 Å². The first-order valence-electron chi connectivity index (χ1n) is 11.7. The highest BCUT2D eigenvalue weighted by molar-refractivity contribution is 5.25. The molecular weight excluding hydrogens is 332 g/mol. The molecule has 4 aliphatic carbocycles. The molecule has 0 radical (unpaired) electrons. The Kier molecular flexibility index (Phi) is 5.30. The molecular formula is C25H42O2. The van der Waals surface area contributed by atoms with Crippen molar-refractivity contribution in [3.63, 3.8) is 0 Å². The van der Waals surface area contributed by atoms with Gasteiger partial charge in [-0.25, -0.2) is 0 Å². The molecule has 3 fully saturated rings. The molecule has 0 spiro atoms. The summed E-state index contributed by atoms with van der Waals surface area (Å²) < 4.78 is 6.36. The molecule has 4 rings (SSSR count). The maximum absolute atomic E-state index is 10.2. The van der Waals surface area contributed by atoms with Gasteiger partial charge in [0, 0.05) is 0 Å². The minimum Gasteiger partial charge on any atom is -0.390 e. The third kappa shape index (κ3) is 3.23. The third-order valence-corrected chi connectivity index (χ3v) is 9.50. The Morgan fingerprint density at radius 3 is 2.63 bits per heavy atom. The Labute approximate surface area is 167 Å². The summed E-state index contributed by atoms with van der Waals surface area (Å²) in [5.74, 6) is 3.72. The number of allylic oxidation sites excluding steroid dienone is 2. The number of hydrogen-bond acceptors (Lipinski definition) is 2. The maximum atomic E-state index is 10.2. The summed E-state index contributed by atoms with van der Waals surface area (Å²) in [6.07, 6.45) is 13.4. The van der Waals surface area contributed by atoms with Gasteiger partial charge in [-0.15, -0.1) is 0 Å². The van der Waals surface area contributed by atoms with Crippen LogP contribution in [0.15, 0.2) is 11.6 Å². The highest BCUT2D eigenvalue weighted by Gasteiger charge is 2.58. The second kappa shape index (κ2) is 7.17. The SMILES string of the molecule is CC(C)C(O)COC1CCC2C3CC=C4C[C@H](C)CCC4(C)C3CCC12C. The summed E-state index contributed by atoms with van der Waals surface area (Å²) in [6.45, 7) is 12.2. The quantitative estimate of drug-likeness (QED) is 0.613. The molecule has 0 bridgehead atoms. The van der Waals surface area contributed by atoms with Crippen LogP contribution in [-0.2, 0) is 4.74 Å². The third-order valence-electron chi connectivity index (χ3n) is 9.50. The molecule has 1 N–H and O–H groups in total. The van der Waals surface area contributed by atoms with Gasteiger partial charge in [-0.05, 0) is 91.8 Å². The predicted molar refractivity (Wildman–Crippen MR) is 111 cm³/mol. The van der Waals surface area contributed by atoms with Gasteiger partial charge < -0.3 is 9.84 Å². The summed E-state index contributed by atoms with van der Waals surface area (Å²) in [4.78, 5) is 0. The van der Waals surface area contributed by atoms with Crippen molar-refractivity contribution in [1.29, 1.82) is 0 Å². The molecule has 0 amide bonds. The zero-order valence-corrected chi connectivity index (χ0v) is 18.3. The molecule has 2 heteroatoms. The Balaban J connectivity index is 1.50. The first-order valence-corrected chi connectivity index (χ1v) is 11.7. The van der Waals surface area contributed by atoms with E-state index in [1.807, 2.05) is 0 Å². The first kappa shape index (κ1) is 20.0. The largest absolute Gasteiger partial charge is 0.390 e. The molecule has 3 saturated carbocycles. The van der Waals surface area contributed by atoms with Crippen LogP contribution in [0.5, 0.6) is 0 Å². The average Bonchev–Trinajstić information content (AvgIpc) is 2.96. The molecule has 0 saturated heterocycles. The molecule has 0 aromatic heterocycles. The van der Waals surface area contributed by atoms with E-state index in [9.17, 15) is 5.11 Å². The molecule has 0 heterocycles. The fourth-order valence-electron chi connectivity index (χ4n) is 7.48. The van der Waals surface area contributed by atoms with E-state index in [2.05, 4.69) is 40.7 Å². The summed E-state index contributed by atoms with van der Waals surface area (Å²) in [5.41, 5.74) is 2.60. The Morgan fingerprint density at radius 1 is 1.11 bits per heavy atom. The average molecular weight is 375 g/mol. The summed E-state index contributed by atoms with van der Waals surface area (Å²) >= 11 is 0. The fourth-order valence-corrected chi connectivity index (χ4v) is 7.48. The Hall–Kier alpha value is -0.340. The molecule has 0 aliphatic heterocycles. The summed E-state index contributed by atoms with van der Waals surface area (Å²) in [6, 6.07) is 0. The normalized spacial score (nSPS) is 47.8. The van der Waals surface area contributed by atoms with Gasteiger partial charge in [0.1, 0.15) is 0 Å². The molecule has 154 valence electrons. The number of ether oxygens (including phenoxy) is 1. The van der Waals surface area contributed by atoms with E-state index in [0.717, 1.165) is 23.7 Å². The lowest BCUT2D eigenvalue weighted by molar-refractivity contribution is -0.109. The molecule has 0 aromatic carbocycles. The smallest absolute Gasteiger partial charge is 0.0796 e. The van der Waals surface area contributed by atoms with Crippen molar-refractivity contribution >= 4 is 0 Å². The van der Waals surface area contributed by atoms with Crippen molar-refractivity contribution in [2.45, 2.75) is 98.2 Å². The van der Waals surface area contributed by atoms with Crippen molar-refractivity contribution in [3.05, 3.63) is 11.6 Å². The Bertz CT molecular complexity index is 581. The number of rotatable bonds is 4. The van der Waals surface area contributed by atoms with Crippen LogP contribution in [0.1, 0.15) is 86.0 Å². The molecule has 27 heavy (non-hydrogen) atoms. The van der Waals surface area contributed by atoms with E-state index in [4.69, 9.17) is 4.74 Å². The summed E-state index contributed by atoms with van der Waals surface area (Å²) in [7, 11) is 0. The zero-order chi connectivity index (χ0) is 19.4. The van der Waals surface area contributed by atoms with Gasteiger partial charge in [-0.2, -0.15) is 0 Å². The van der Waals surface area contributed by atoms with Crippen molar-refractivity contribution in [2.24, 2.45) is 40.4 Å². The first-order chi connectivity index (χ1) is 12.8. The van der Waals surface area contributed by atoms with Crippen molar-refractivity contribution < 1.29 is 9.84 Å². The van der Waals surface area contributed by atoms with Gasteiger partial charge in [-0.3, -0.25) is 0 Å². The predicted octanol–water partition coefficient (Wildman–Crippen LogP) is 5.99. The lowest BCUT2D eigenvalue weighted by atomic mass is 9.47. The second-order valence-electron chi connectivity index (χ2n) is 11.4. The van der Waals surface area contributed by atoms with E-state index < -0.39 is 0 Å². The van der Waals surface area contributed by atoms with Crippen LogP contribution < -0.4 is 0 Å². The van der Waals surface area contributed by atoms with Crippen molar-refractivity contribution in [2.75, 3.05) is 6.61 Å². The van der Waals surface area contributed by atoms with Gasteiger partial charge in [0.15, 0.2) is 0 Å². The van der Waals surface area contributed by atoms with Crippen molar-refractivity contribution in [3.8, 4) is 0 Å². The molecule has 8 atom stereocenters. The lowest BCUT2D eigenvalue weighted by Crippen LogP contribution is -2.51.